The van der Waals surface area contributed by atoms with Crippen molar-refractivity contribution < 1.29 is 9.84 Å². The van der Waals surface area contributed by atoms with Crippen LogP contribution < -0.4 is 4.74 Å². The van der Waals surface area contributed by atoms with Crippen LogP contribution in [0, 0.1) is 6.92 Å². The summed E-state index contributed by atoms with van der Waals surface area (Å²) in [6.45, 7) is 2.35. The molecule has 1 heterocycles. The van der Waals surface area contributed by atoms with Crippen molar-refractivity contribution in [3.05, 3.63) is 59.1 Å². The Labute approximate surface area is 144 Å². The number of aliphatic hydroxyl groups excluding tert-OH is 1. The summed E-state index contributed by atoms with van der Waals surface area (Å²) in [5.74, 6) is 1.17. The maximum Gasteiger partial charge on any atom is 0.204 e. The molecule has 0 aliphatic rings. The van der Waals surface area contributed by atoms with E-state index < -0.39 is 6.10 Å². The van der Waals surface area contributed by atoms with Crippen LogP contribution in [0.3, 0.4) is 0 Å². The molecule has 124 valence electrons. The van der Waals surface area contributed by atoms with Gasteiger partial charge in [-0.2, -0.15) is 4.80 Å². The van der Waals surface area contributed by atoms with E-state index in [9.17, 15) is 5.11 Å². The van der Waals surface area contributed by atoms with Gasteiger partial charge in [0, 0.05) is 10.6 Å². The van der Waals surface area contributed by atoms with Gasteiger partial charge >= 0.3 is 0 Å². The van der Waals surface area contributed by atoms with Crippen LogP contribution in [0.15, 0.2) is 48.5 Å². The Hall–Kier alpha value is -2.44. The SMILES string of the molecule is Cc1ccc(-c2nnn(C[C@@H](O)COc3ccc(Cl)cc3)n2)cc1. The van der Waals surface area contributed by atoms with Crippen molar-refractivity contribution in [2.24, 2.45) is 0 Å². The quantitative estimate of drug-likeness (QED) is 0.744. The van der Waals surface area contributed by atoms with Crippen molar-refractivity contribution in [2.75, 3.05) is 6.61 Å². The first-order chi connectivity index (χ1) is 11.6. The Kier molecular flexibility index (Phi) is 5.08. The average molecular weight is 345 g/mol. The lowest BCUT2D eigenvalue weighted by Gasteiger charge is -2.11. The van der Waals surface area contributed by atoms with E-state index in [1.807, 2.05) is 31.2 Å². The summed E-state index contributed by atoms with van der Waals surface area (Å²) >= 11 is 5.81. The van der Waals surface area contributed by atoms with E-state index in [2.05, 4.69) is 15.4 Å². The van der Waals surface area contributed by atoms with Crippen LogP contribution in [0.2, 0.25) is 5.02 Å². The molecule has 0 spiro atoms. The fraction of sp³-hybridized carbons (Fsp3) is 0.235. The van der Waals surface area contributed by atoms with E-state index >= 15 is 0 Å². The highest BCUT2D eigenvalue weighted by Crippen LogP contribution is 2.16. The third-order valence-electron chi connectivity index (χ3n) is 3.39. The average Bonchev–Trinajstić information content (AvgIpc) is 3.03. The number of benzene rings is 2. The Bertz CT molecular complexity index is 787. The van der Waals surface area contributed by atoms with Crippen LogP contribution in [-0.4, -0.2) is 38.0 Å². The van der Waals surface area contributed by atoms with Crippen LogP contribution in [0.4, 0.5) is 0 Å². The number of halogens is 1. The Balaban J connectivity index is 1.55. The molecule has 0 aliphatic carbocycles. The Morgan fingerprint density at radius 3 is 2.54 bits per heavy atom. The van der Waals surface area contributed by atoms with E-state index in [0.717, 1.165) is 5.56 Å². The zero-order valence-electron chi connectivity index (χ0n) is 13.1. The molecule has 3 rings (SSSR count). The molecule has 0 saturated carbocycles. The van der Waals surface area contributed by atoms with Gasteiger partial charge in [0.1, 0.15) is 18.5 Å². The fourth-order valence-electron chi connectivity index (χ4n) is 2.10. The van der Waals surface area contributed by atoms with Crippen LogP contribution in [0.25, 0.3) is 11.4 Å². The summed E-state index contributed by atoms with van der Waals surface area (Å²) in [5.41, 5.74) is 2.06. The van der Waals surface area contributed by atoms with E-state index in [0.29, 0.717) is 16.6 Å². The number of ether oxygens (including phenoxy) is 1. The van der Waals surface area contributed by atoms with Gasteiger partial charge in [-0.3, -0.25) is 0 Å². The number of nitrogens with zero attached hydrogens (tertiary/aromatic N) is 4. The van der Waals surface area contributed by atoms with Crippen LogP contribution in [0.1, 0.15) is 5.56 Å². The van der Waals surface area contributed by atoms with Crippen molar-refractivity contribution in [3.63, 3.8) is 0 Å². The Morgan fingerprint density at radius 1 is 1.12 bits per heavy atom. The minimum atomic E-state index is -0.749. The lowest BCUT2D eigenvalue weighted by atomic mass is 10.1. The molecular weight excluding hydrogens is 328 g/mol. The largest absolute Gasteiger partial charge is 0.491 e. The Morgan fingerprint density at radius 2 is 1.83 bits per heavy atom. The zero-order valence-corrected chi connectivity index (χ0v) is 13.9. The lowest BCUT2D eigenvalue weighted by Crippen LogP contribution is -2.24. The highest BCUT2D eigenvalue weighted by molar-refractivity contribution is 6.30. The van der Waals surface area contributed by atoms with Crippen molar-refractivity contribution in [3.8, 4) is 17.1 Å². The number of aliphatic hydroxyl groups is 1. The maximum absolute atomic E-state index is 10.1. The highest BCUT2D eigenvalue weighted by atomic mass is 35.5. The summed E-state index contributed by atoms with van der Waals surface area (Å²) in [5, 5.41) is 22.9. The van der Waals surface area contributed by atoms with Crippen molar-refractivity contribution in [1.29, 1.82) is 0 Å². The van der Waals surface area contributed by atoms with Gasteiger partial charge in [0.25, 0.3) is 0 Å². The van der Waals surface area contributed by atoms with Crippen molar-refractivity contribution in [1.82, 2.24) is 20.2 Å². The van der Waals surface area contributed by atoms with Gasteiger partial charge in [-0.1, -0.05) is 41.4 Å². The van der Waals surface area contributed by atoms with Crippen LogP contribution in [-0.2, 0) is 6.54 Å². The molecule has 0 amide bonds. The summed E-state index contributed by atoms with van der Waals surface area (Å²) in [4.78, 5) is 1.37. The van der Waals surface area contributed by atoms with Crippen molar-refractivity contribution in [2.45, 2.75) is 19.6 Å². The first-order valence-corrected chi connectivity index (χ1v) is 7.89. The minimum absolute atomic E-state index is 0.128. The number of aromatic nitrogens is 4. The molecule has 6 nitrogen and oxygen atoms in total. The number of aryl methyl sites for hydroxylation is 1. The smallest absolute Gasteiger partial charge is 0.204 e. The van der Waals surface area contributed by atoms with Gasteiger partial charge in [-0.15, -0.1) is 10.2 Å². The molecule has 1 N–H and O–H groups in total. The van der Waals surface area contributed by atoms with E-state index in [1.165, 1.54) is 10.4 Å². The van der Waals surface area contributed by atoms with Gasteiger partial charge < -0.3 is 9.84 Å². The molecule has 3 aromatic rings. The molecule has 2 aromatic carbocycles. The third kappa shape index (κ3) is 4.31. The molecule has 0 bridgehead atoms. The summed E-state index contributed by atoms with van der Waals surface area (Å²) in [7, 11) is 0. The normalized spacial score (nSPS) is 12.1. The van der Waals surface area contributed by atoms with Gasteiger partial charge in [0.15, 0.2) is 0 Å². The third-order valence-corrected chi connectivity index (χ3v) is 3.64. The first-order valence-electron chi connectivity index (χ1n) is 7.51. The molecule has 0 aliphatic heterocycles. The molecule has 24 heavy (non-hydrogen) atoms. The molecule has 1 aromatic heterocycles. The molecule has 1 atom stereocenters. The predicted octanol–water partition coefficient (Wildman–Crippen LogP) is 2.74. The van der Waals surface area contributed by atoms with E-state index in [1.54, 1.807) is 24.3 Å². The highest BCUT2D eigenvalue weighted by Gasteiger charge is 2.11. The number of hydrogen-bond donors (Lipinski definition) is 1. The monoisotopic (exact) mass is 344 g/mol. The minimum Gasteiger partial charge on any atom is -0.491 e. The van der Waals surface area contributed by atoms with Gasteiger partial charge in [0.2, 0.25) is 5.82 Å². The summed E-state index contributed by atoms with van der Waals surface area (Å²) < 4.78 is 5.50. The molecule has 7 heteroatoms. The lowest BCUT2D eigenvalue weighted by molar-refractivity contribution is 0.0850. The second-order valence-electron chi connectivity index (χ2n) is 5.45. The van der Waals surface area contributed by atoms with Crippen LogP contribution in [0.5, 0.6) is 5.75 Å². The van der Waals surface area contributed by atoms with Gasteiger partial charge in [-0.05, 0) is 36.4 Å². The standard InChI is InChI=1S/C17H17ClN4O2/c1-12-2-4-13(5-3-12)17-19-21-22(20-17)10-15(23)11-24-16-8-6-14(18)7-9-16/h2-9,15,23H,10-11H2,1H3/t15-/m1/s1. The number of hydrogen-bond acceptors (Lipinski definition) is 5. The second kappa shape index (κ2) is 7.42. The van der Waals surface area contributed by atoms with Crippen LogP contribution >= 0.6 is 11.6 Å². The molecule has 0 radical (unpaired) electrons. The predicted molar refractivity (Wildman–Crippen MR) is 90.9 cm³/mol. The number of tetrazole rings is 1. The van der Waals surface area contributed by atoms with E-state index in [-0.39, 0.29) is 13.2 Å². The molecule has 0 fully saturated rings. The zero-order chi connectivity index (χ0) is 16.9. The summed E-state index contributed by atoms with van der Waals surface area (Å²) in [6.07, 6.45) is -0.749. The van der Waals surface area contributed by atoms with Crippen molar-refractivity contribution >= 4 is 11.6 Å². The first kappa shape index (κ1) is 16.4. The molecular formula is C17H17ClN4O2. The van der Waals surface area contributed by atoms with Gasteiger partial charge in [-0.25, -0.2) is 0 Å². The molecule has 0 saturated heterocycles. The second-order valence-corrected chi connectivity index (χ2v) is 5.89. The number of rotatable bonds is 6. The van der Waals surface area contributed by atoms with Gasteiger partial charge in [0.05, 0.1) is 6.54 Å². The maximum atomic E-state index is 10.1. The van der Waals surface area contributed by atoms with E-state index in [4.69, 9.17) is 16.3 Å². The topological polar surface area (TPSA) is 73.1 Å². The fourth-order valence-corrected chi connectivity index (χ4v) is 2.23. The summed E-state index contributed by atoms with van der Waals surface area (Å²) in [6, 6.07) is 14.8. The molecule has 0 unspecified atom stereocenters.